The second-order valence-electron chi connectivity index (χ2n) is 9.25. The molecule has 0 radical (unpaired) electrons. The molecule has 1 N–H and O–H groups in total. The summed E-state index contributed by atoms with van der Waals surface area (Å²) in [4.78, 5) is 36.9. The molecule has 0 spiro atoms. The quantitative estimate of drug-likeness (QED) is 0.347. The van der Waals surface area contributed by atoms with Gasteiger partial charge in [-0.05, 0) is 43.7 Å². The number of rotatable bonds is 6. The van der Waals surface area contributed by atoms with Gasteiger partial charge in [-0.1, -0.05) is 35.3 Å². The molecular weight excluding hydrogens is 527 g/mol. The van der Waals surface area contributed by atoms with Crippen molar-refractivity contribution in [3.05, 3.63) is 86.0 Å². The zero-order valence-corrected chi connectivity index (χ0v) is 23.0. The van der Waals surface area contributed by atoms with Crippen molar-refractivity contribution in [1.29, 1.82) is 0 Å². The molecule has 11 heteroatoms. The number of benzene rings is 1. The molecule has 1 amide bonds. The molecule has 3 aromatic heterocycles. The third-order valence-electron chi connectivity index (χ3n) is 6.59. The number of hydrogen-bond donors (Lipinski definition) is 1. The molecule has 38 heavy (non-hydrogen) atoms. The van der Waals surface area contributed by atoms with E-state index in [1.807, 2.05) is 32.0 Å². The van der Waals surface area contributed by atoms with Gasteiger partial charge in [0.05, 0.1) is 35.3 Å². The number of carbonyl (C=O) groups excluding carboxylic acids is 1. The van der Waals surface area contributed by atoms with Gasteiger partial charge in [-0.2, -0.15) is 4.98 Å². The summed E-state index contributed by atoms with van der Waals surface area (Å²) in [5.41, 5.74) is 3.77. The highest BCUT2D eigenvalue weighted by Gasteiger charge is 2.43. The highest BCUT2D eigenvalue weighted by molar-refractivity contribution is 6.31. The number of nitrogens with zero attached hydrogens (tertiary/aromatic N) is 5. The first-order valence-electron chi connectivity index (χ1n) is 12.0. The summed E-state index contributed by atoms with van der Waals surface area (Å²) >= 11 is 12.5. The van der Waals surface area contributed by atoms with Crippen LogP contribution in [0.1, 0.15) is 47.5 Å². The third kappa shape index (κ3) is 4.12. The predicted octanol–water partition coefficient (Wildman–Crippen LogP) is 5.33. The van der Waals surface area contributed by atoms with Crippen molar-refractivity contribution in [2.45, 2.75) is 25.9 Å². The third-order valence-corrected chi connectivity index (χ3v) is 7.12. The Labute approximate surface area is 229 Å². The number of nitrogens with one attached hydrogen (secondary N) is 1. The van der Waals surface area contributed by atoms with Gasteiger partial charge < -0.3 is 19.2 Å². The molecular formula is C27H26Cl2N6O3. The number of aromatic nitrogens is 4. The van der Waals surface area contributed by atoms with E-state index in [4.69, 9.17) is 27.9 Å². The maximum absolute atomic E-state index is 14.1. The standard InChI is InChI=1S/C27H26Cl2N6O3/c1-14(2)34-21(19-12-31-27(30-3)32-24(19)38-5)11-18-23(34)22(15-6-8-16(28)9-7-15)35(25(18)36)17-10-20(29)26(37)33(4)13-17/h6-14,22H,1-5H3,(H,30,31,32). The van der Waals surface area contributed by atoms with E-state index in [0.29, 0.717) is 33.7 Å². The summed E-state index contributed by atoms with van der Waals surface area (Å²) in [6, 6.07) is 10.2. The van der Waals surface area contributed by atoms with Crippen molar-refractivity contribution in [3.8, 4) is 17.1 Å². The van der Waals surface area contributed by atoms with Gasteiger partial charge in [0.2, 0.25) is 11.8 Å². The number of aryl methyl sites for hydroxylation is 1. The number of ether oxygens (including phenoxy) is 1. The van der Waals surface area contributed by atoms with Crippen molar-refractivity contribution < 1.29 is 9.53 Å². The van der Waals surface area contributed by atoms with Crippen LogP contribution in [0.25, 0.3) is 11.3 Å². The molecule has 1 aromatic carbocycles. The predicted molar refractivity (Wildman–Crippen MR) is 149 cm³/mol. The average molecular weight is 553 g/mol. The summed E-state index contributed by atoms with van der Waals surface area (Å²) < 4.78 is 9.08. The van der Waals surface area contributed by atoms with Crippen LogP contribution in [0.2, 0.25) is 10.0 Å². The maximum Gasteiger partial charge on any atom is 0.269 e. The summed E-state index contributed by atoms with van der Waals surface area (Å²) in [5.74, 6) is 0.593. The monoisotopic (exact) mass is 552 g/mol. The Hall–Kier alpha value is -3.82. The second-order valence-corrected chi connectivity index (χ2v) is 10.1. The van der Waals surface area contributed by atoms with Crippen molar-refractivity contribution in [2.75, 3.05) is 24.4 Å². The van der Waals surface area contributed by atoms with E-state index in [1.165, 1.54) is 10.6 Å². The number of hydrogen-bond acceptors (Lipinski definition) is 6. The number of pyridine rings is 1. The van der Waals surface area contributed by atoms with Crippen LogP contribution in [0.3, 0.4) is 0 Å². The minimum Gasteiger partial charge on any atom is -0.480 e. The molecule has 1 aliphatic rings. The zero-order valence-electron chi connectivity index (χ0n) is 21.5. The Morgan fingerprint density at radius 1 is 1.08 bits per heavy atom. The normalized spacial score (nSPS) is 14.8. The van der Waals surface area contributed by atoms with E-state index in [2.05, 4.69) is 19.9 Å². The molecule has 0 bridgehead atoms. The van der Waals surface area contributed by atoms with Crippen LogP contribution < -0.4 is 20.5 Å². The number of halogens is 2. The molecule has 1 unspecified atom stereocenters. The summed E-state index contributed by atoms with van der Waals surface area (Å²) in [6.45, 7) is 4.10. The highest BCUT2D eigenvalue weighted by Crippen LogP contribution is 2.47. The molecule has 4 aromatic rings. The van der Waals surface area contributed by atoms with Gasteiger partial charge in [0.15, 0.2) is 0 Å². The molecule has 9 nitrogen and oxygen atoms in total. The van der Waals surface area contributed by atoms with Gasteiger partial charge in [-0.3, -0.25) is 14.5 Å². The average Bonchev–Trinajstić information content (AvgIpc) is 3.42. The fourth-order valence-electron chi connectivity index (χ4n) is 4.95. The first-order chi connectivity index (χ1) is 18.2. The Morgan fingerprint density at radius 2 is 1.79 bits per heavy atom. The van der Waals surface area contributed by atoms with E-state index >= 15 is 0 Å². The SMILES string of the molecule is CNc1ncc(-c2cc3c(n2C(C)C)C(c2ccc(Cl)cc2)N(c2cc(Cl)c(=O)n(C)c2)C3=O)c(OC)n1. The van der Waals surface area contributed by atoms with Gasteiger partial charge >= 0.3 is 0 Å². The van der Waals surface area contributed by atoms with E-state index in [0.717, 1.165) is 17.0 Å². The van der Waals surface area contributed by atoms with E-state index in [9.17, 15) is 9.59 Å². The summed E-state index contributed by atoms with van der Waals surface area (Å²) in [5, 5.41) is 3.53. The molecule has 1 atom stereocenters. The minimum atomic E-state index is -0.511. The van der Waals surface area contributed by atoms with E-state index in [-0.39, 0.29) is 22.5 Å². The largest absolute Gasteiger partial charge is 0.480 e. The lowest BCUT2D eigenvalue weighted by atomic mass is 10.0. The number of fused-ring (bicyclic) bond motifs is 1. The highest BCUT2D eigenvalue weighted by atomic mass is 35.5. The van der Waals surface area contributed by atoms with Gasteiger partial charge in [0.25, 0.3) is 11.5 Å². The van der Waals surface area contributed by atoms with Crippen molar-refractivity contribution >= 4 is 40.7 Å². The summed E-state index contributed by atoms with van der Waals surface area (Å²) in [7, 11) is 4.89. The molecule has 0 fully saturated rings. The Morgan fingerprint density at radius 3 is 2.39 bits per heavy atom. The van der Waals surface area contributed by atoms with Gasteiger partial charge in [0, 0.05) is 37.6 Å². The Kier molecular flexibility index (Phi) is 6.66. The van der Waals surface area contributed by atoms with Crippen LogP contribution in [0.4, 0.5) is 11.6 Å². The van der Waals surface area contributed by atoms with Gasteiger partial charge in [0.1, 0.15) is 11.1 Å². The van der Waals surface area contributed by atoms with Crippen LogP contribution in [0.5, 0.6) is 5.88 Å². The van der Waals surface area contributed by atoms with Gasteiger partial charge in [-0.25, -0.2) is 4.98 Å². The van der Waals surface area contributed by atoms with Crippen molar-refractivity contribution in [3.63, 3.8) is 0 Å². The first kappa shape index (κ1) is 25.8. The van der Waals surface area contributed by atoms with Crippen LogP contribution >= 0.6 is 23.2 Å². The lowest BCUT2D eigenvalue weighted by Gasteiger charge is -2.29. The molecule has 0 saturated carbocycles. The first-order valence-corrected chi connectivity index (χ1v) is 12.7. The van der Waals surface area contributed by atoms with E-state index in [1.54, 1.807) is 50.6 Å². The minimum absolute atomic E-state index is 0.0307. The number of carbonyl (C=O) groups is 1. The zero-order chi connectivity index (χ0) is 27.3. The Balaban J connectivity index is 1.79. The topological polar surface area (TPSA) is 94.3 Å². The molecule has 0 saturated heterocycles. The number of amides is 1. The van der Waals surface area contributed by atoms with Crippen molar-refractivity contribution in [1.82, 2.24) is 19.1 Å². The molecule has 0 aliphatic carbocycles. The number of methoxy groups -OCH3 is 1. The molecule has 196 valence electrons. The number of anilines is 2. The fourth-order valence-corrected chi connectivity index (χ4v) is 5.32. The fraction of sp³-hybridized carbons (Fsp3) is 0.259. The van der Waals surface area contributed by atoms with Crippen LogP contribution in [-0.4, -0.2) is 39.2 Å². The molecule has 4 heterocycles. The van der Waals surface area contributed by atoms with E-state index < -0.39 is 6.04 Å². The molecule has 1 aliphatic heterocycles. The lowest BCUT2D eigenvalue weighted by Crippen LogP contribution is -2.31. The van der Waals surface area contributed by atoms with Crippen LogP contribution in [0, 0.1) is 0 Å². The Bertz CT molecular complexity index is 1580. The second kappa shape index (κ2) is 9.81. The lowest BCUT2D eigenvalue weighted by molar-refractivity contribution is 0.0993. The van der Waals surface area contributed by atoms with Crippen LogP contribution in [0.15, 0.2) is 53.6 Å². The van der Waals surface area contributed by atoms with Crippen LogP contribution in [-0.2, 0) is 7.05 Å². The maximum atomic E-state index is 14.1. The van der Waals surface area contributed by atoms with Crippen molar-refractivity contribution in [2.24, 2.45) is 7.05 Å². The smallest absolute Gasteiger partial charge is 0.269 e. The summed E-state index contributed by atoms with van der Waals surface area (Å²) in [6.07, 6.45) is 3.31. The molecule has 5 rings (SSSR count). The van der Waals surface area contributed by atoms with Gasteiger partial charge in [-0.15, -0.1) is 0 Å².